The zero-order chi connectivity index (χ0) is 19.4. The fourth-order valence-electron chi connectivity index (χ4n) is 2.93. The fourth-order valence-corrected chi connectivity index (χ4v) is 2.93. The van der Waals surface area contributed by atoms with Gasteiger partial charge in [0.15, 0.2) is 0 Å². The Labute approximate surface area is 160 Å². The summed E-state index contributed by atoms with van der Waals surface area (Å²) in [6, 6.07) is 13.5. The molecule has 0 aliphatic rings. The van der Waals surface area contributed by atoms with E-state index >= 15 is 0 Å². The van der Waals surface area contributed by atoms with Crippen molar-refractivity contribution < 1.29 is 9.21 Å². The van der Waals surface area contributed by atoms with E-state index in [1.165, 1.54) is 0 Å². The Bertz CT molecular complexity index is 889. The largest absolute Gasteiger partial charge is 0.467 e. The van der Waals surface area contributed by atoms with E-state index in [1.54, 1.807) is 12.5 Å². The van der Waals surface area contributed by atoms with Gasteiger partial charge in [-0.25, -0.2) is 9.97 Å². The van der Waals surface area contributed by atoms with Crippen molar-refractivity contribution >= 4 is 5.91 Å². The van der Waals surface area contributed by atoms with Crippen LogP contribution in [0.4, 0.5) is 0 Å². The van der Waals surface area contributed by atoms with E-state index < -0.39 is 0 Å². The average molecular weight is 363 g/mol. The number of hydrogen-bond acceptors (Lipinski definition) is 4. The predicted molar refractivity (Wildman–Crippen MR) is 105 cm³/mol. The summed E-state index contributed by atoms with van der Waals surface area (Å²) in [6.07, 6.45) is 3.26. The SMILES string of the molecule is Cc1ncc(C(=O)N(Cc2ccco2)[C@H](C)C(C)C)c(-c2ccccc2)n1. The molecule has 0 spiro atoms. The lowest BCUT2D eigenvalue weighted by Crippen LogP contribution is -2.41. The van der Waals surface area contributed by atoms with Gasteiger partial charge in [0.2, 0.25) is 0 Å². The third-order valence-corrected chi connectivity index (χ3v) is 4.81. The second-order valence-electron chi connectivity index (χ2n) is 7.04. The Hall–Kier alpha value is -2.95. The van der Waals surface area contributed by atoms with Gasteiger partial charge in [0.25, 0.3) is 5.91 Å². The Morgan fingerprint density at radius 1 is 1.11 bits per heavy atom. The van der Waals surface area contributed by atoms with E-state index in [9.17, 15) is 4.79 Å². The number of carbonyl (C=O) groups is 1. The van der Waals surface area contributed by atoms with Gasteiger partial charge in [-0.05, 0) is 31.9 Å². The van der Waals surface area contributed by atoms with Gasteiger partial charge < -0.3 is 9.32 Å². The molecule has 5 heteroatoms. The number of amides is 1. The molecule has 0 bridgehead atoms. The van der Waals surface area contributed by atoms with Crippen molar-refractivity contribution in [3.05, 3.63) is 72.1 Å². The summed E-state index contributed by atoms with van der Waals surface area (Å²) >= 11 is 0. The summed E-state index contributed by atoms with van der Waals surface area (Å²) in [7, 11) is 0. The lowest BCUT2D eigenvalue weighted by Gasteiger charge is -2.31. The molecule has 3 rings (SSSR count). The standard InChI is InChI=1S/C22H25N3O2/c1-15(2)16(3)25(14-19-11-8-12-27-19)22(26)20-13-23-17(4)24-21(20)18-9-6-5-7-10-18/h5-13,15-16H,14H2,1-4H3/t16-/m1/s1. The minimum atomic E-state index is -0.0912. The van der Waals surface area contributed by atoms with E-state index in [-0.39, 0.29) is 11.9 Å². The van der Waals surface area contributed by atoms with Crippen LogP contribution in [-0.2, 0) is 6.54 Å². The molecule has 27 heavy (non-hydrogen) atoms. The first-order chi connectivity index (χ1) is 13.0. The highest BCUT2D eigenvalue weighted by atomic mass is 16.3. The van der Waals surface area contributed by atoms with Gasteiger partial charge in [-0.2, -0.15) is 0 Å². The molecular weight excluding hydrogens is 338 g/mol. The van der Waals surface area contributed by atoms with Crippen LogP contribution in [0.3, 0.4) is 0 Å². The quantitative estimate of drug-likeness (QED) is 0.635. The zero-order valence-corrected chi connectivity index (χ0v) is 16.2. The van der Waals surface area contributed by atoms with Crippen LogP contribution < -0.4 is 0 Å². The van der Waals surface area contributed by atoms with Crippen molar-refractivity contribution in [2.45, 2.75) is 40.3 Å². The molecule has 3 aromatic rings. The topological polar surface area (TPSA) is 59.2 Å². The number of hydrogen-bond donors (Lipinski definition) is 0. The first-order valence-corrected chi connectivity index (χ1v) is 9.19. The molecule has 0 N–H and O–H groups in total. The number of nitrogens with zero attached hydrogens (tertiary/aromatic N) is 3. The third kappa shape index (κ3) is 4.25. The molecule has 5 nitrogen and oxygen atoms in total. The highest BCUT2D eigenvalue weighted by Gasteiger charge is 2.27. The van der Waals surface area contributed by atoms with Crippen LogP contribution in [0.15, 0.2) is 59.3 Å². The molecule has 2 aromatic heterocycles. The Morgan fingerprint density at radius 2 is 1.85 bits per heavy atom. The summed E-state index contributed by atoms with van der Waals surface area (Å²) < 4.78 is 5.49. The van der Waals surface area contributed by atoms with Gasteiger partial charge >= 0.3 is 0 Å². The third-order valence-electron chi connectivity index (χ3n) is 4.81. The van der Waals surface area contributed by atoms with Gasteiger partial charge in [0.05, 0.1) is 24.1 Å². The molecule has 0 saturated carbocycles. The Balaban J connectivity index is 2.03. The van der Waals surface area contributed by atoms with E-state index in [0.29, 0.717) is 29.5 Å². The molecule has 1 amide bonds. The van der Waals surface area contributed by atoms with Crippen LogP contribution in [0.5, 0.6) is 0 Å². The lowest BCUT2D eigenvalue weighted by atomic mass is 10.0. The maximum atomic E-state index is 13.5. The normalized spacial score (nSPS) is 12.2. The fraction of sp³-hybridized carbons (Fsp3) is 0.318. The maximum absolute atomic E-state index is 13.5. The van der Waals surface area contributed by atoms with Crippen molar-refractivity contribution in [2.24, 2.45) is 5.92 Å². The number of aryl methyl sites for hydroxylation is 1. The second kappa shape index (κ2) is 8.16. The number of carbonyl (C=O) groups excluding carboxylic acids is 1. The molecular formula is C22H25N3O2. The molecule has 0 saturated heterocycles. The summed E-state index contributed by atoms with van der Waals surface area (Å²) in [5.41, 5.74) is 2.07. The van der Waals surface area contributed by atoms with Crippen LogP contribution in [0.1, 0.15) is 42.7 Å². The van der Waals surface area contributed by atoms with Crippen molar-refractivity contribution in [2.75, 3.05) is 0 Å². The number of aromatic nitrogens is 2. The van der Waals surface area contributed by atoms with E-state index in [0.717, 1.165) is 11.3 Å². The van der Waals surface area contributed by atoms with E-state index in [4.69, 9.17) is 4.42 Å². The molecule has 0 unspecified atom stereocenters. The van der Waals surface area contributed by atoms with Crippen LogP contribution in [0, 0.1) is 12.8 Å². The molecule has 140 valence electrons. The van der Waals surface area contributed by atoms with Gasteiger partial charge in [-0.3, -0.25) is 4.79 Å². The van der Waals surface area contributed by atoms with Crippen molar-refractivity contribution in [1.29, 1.82) is 0 Å². The van der Waals surface area contributed by atoms with Crippen molar-refractivity contribution in [3.63, 3.8) is 0 Å². The average Bonchev–Trinajstić information content (AvgIpc) is 3.19. The van der Waals surface area contributed by atoms with Crippen molar-refractivity contribution in [3.8, 4) is 11.3 Å². The first kappa shape index (κ1) is 18.8. The maximum Gasteiger partial charge on any atom is 0.258 e. The monoisotopic (exact) mass is 363 g/mol. The molecule has 2 heterocycles. The van der Waals surface area contributed by atoms with Crippen LogP contribution >= 0.6 is 0 Å². The molecule has 1 atom stereocenters. The minimum absolute atomic E-state index is 0.0347. The Morgan fingerprint density at radius 3 is 2.48 bits per heavy atom. The number of rotatable bonds is 6. The van der Waals surface area contributed by atoms with Crippen molar-refractivity contribution in [1.82, 2.24) is 14.9 Å². The zero-order valence-electron chi connectivity index (χ0n) is 16.2. The van der Waals surface area contributed by atoms with Crippen LogP contribution in [-0.4, -0.2) is 26.8 Å². The second-order valence-corrected chi connectivity index (χ2v) is 7.04. The van der Waals surface area contributed by atoms with Crippen LogP contribution in [0.2, 0.25) is 0 Å². The minimum Gasteiger partial charge on any atom is -0.467 e. The molecule has 1 aromatic carbocycles. The first-order valence-electron chi connectivity index (χ1n) is 9.19. The summed E-state index contributed by atoms with van der Waals surface area (Å²) in [6.45, 7) is 8.52. The number of furan rings is 1. The highest BCUT2D eigenvalue weighted by molar-refractivity contribution is 5.99. The van der Waals surface area contributed by atoms with Gasteiger partial charge in [0.1, 0.15) is 11.6 Å². The highest BCUT2D eigenvalue weighted by Crippen LogP contribution is 2.25. The predicted octanol–water partition coefficient (Wildman–Crippen LogP) is 4.73. The summed E-state index contributed by atoms with van der Waals surface area (Å²) in [5, 5.41) is 0. The molecule has 0 fully saturated rings. The molecule has 0 aliphatic carbocycles. The number of benzene rings is 1. The molecule has 0 aliphatic heterocycles. The van der Waals surface area contributed by atoms with Gasteiger partial charge in [0, 0.05) is 17.8 Å². The lowest BCUT2D eigenvalue weighted by molar-refractivity contribution is 0.0611. The van der Waals surface area contributed by atoms with E-state index in [1.807, 2.05) is 54.3 Å². The van der Waals surface area contributed by atoms with Gasteiger partial charge in [-0.1, -0.05) is 44.2 Å². The van der Waals surface area contributed by atoms with E-state index in [2.05, 4.69) is 30.7 Å². The smallest absolute Gasteiger partial charge is 0.258 e. The Kier molecular flexibility index (Phi) is 5.69. The van der Waals surface area contributed by atoms with Gasteiger partial charge in [-0.15, -0.1) is 0 Å². The van der Waals surface area contributed by atoms with Crippen LogP contribution in [0.25, 0.3) is 11.3 Å². The summed E-state index contributed by atoms with van der Waals surface area (Å²) in [5.74, 6) is 1.60. The molecule has 0 radical (unpaired) electrons. The summed E-state index contributed by atoms with van der Waals surface area (Å²) in [4.78, 5) is 24.2.